The summed E-state index contributed by atoms with van der Waals surface area (Å²) in [4.78, 5) is 14.7. The summed E-state index contributed by atoms with van der Waals surface area (Å²) >= 11 is 0. The van der Waals surface area contributed by atoms with Crippen molar-refractivity contribution in [3.05, 3.63) is 164 Å². The summed E-state index contributed by atoms with van der Waals surface area (Å²) in [6, 6.07) is 54.2. The molecule has 3 heterocycles. The minimum atomic E-state index is 0.925. The lowest BCUT2D eigenvalue weighted by Gasteiger charge is -2.15. The van der Waals surface area contributed by atoms with Gasteiger partial charge in [0, 0.05) is 44.9 Å². The van der Waals surface area contributed by atoms with Gasteiger partial charge in [-0.1, -0.05) is 127 Å². The van der Waals surface area contributed by atoms with E-state index in [1.807, 2.05) is 18.5 Å². The Balaban J connectivity index is 1.17. The minimum Gasteiger partial charge on any atom is -0.254 e. The van der Waals surface area contributed by atoms with Gasteiger partial charge in [-0.05, 0) is 68.1 Å². The molecule has 7 aromatic carbocycles. The Labute approximate surface area is 276 Å². The second-order valence-corrected chi connectivity index (χ2v) is 12.4. The SMILES string of the molecule is c1cc(-c2ccc(-c3ccnc4c3ccc3cccnc34)c3ccccc23)cc(-c2nc3ccccc3c3c2ccc2ccccc23)c1. The van der Waals surface area contributed by atoms with Gasteiger partial charge in [-0.3, -0.25) is 9.97 Å². The van der Waals surface area contributed by atoms with Gasteiger partial charge in [-0.15, -0.1) is 0 Å². The molecule has 3 heteroatoms. The van der Waals surface area contributed by atoms with Crippen LogP contribution in [0, 0.1) is 0 Å². The van der Waals surface area contributed by atoms with Crippen LogP contribution in [-0.4, -0.2) is 15.0 Å². The van der Waals surface area contributed by atoms with Crippen molar-refractivity contribution in [2.24, 2.45) is 0 Å². The molecule has 48 heavy (non-hydrogen) atoms. The third kappa shape index (κ3) is 4.04. The molecule has 0 unspecified atom stereocenters. The van der Waals surface area contributed by atoms with Crippen LogP contribution < -0.4 is 0 Å². The highest BCUT2D eigenvalue weighted by Gasteiger charge is 2.16. The first-order valence-electron chi connectivity index (χ1n) is 16.3. The van der Waals surface area contributed by atoms with Gasteiger partial charge >= 0.3 is 0 Å². The zero-order valence-corrected chi connectivity index (χ0v) is 25.9. The maximum absolute atomic E-state index is 5.27. The zero-order chi connectivity index (χ0) is 31.6. The van der Waals surface area contributed by atoms with E-state index >= 15 is 0 Å². The Morgan fingerprint density at radius 1 is 0.354 bits per heavy atom. The number of para-hydroxylation sites is 1. The van der Waals surface area contributed by atoms with E-state index in [4.69, 9.17) is 9.97 Å². The molecule has 0 atom stereocenters. The molecule has 3 nitrogen and oxygen atoms in total. The van der Waals surface area contributed by atoms with Gasteiger partial charge in [-0.2, -0.15) is 0 Å². The highest BCUT2D eigenvalue weighted by Crippen LogP contribution is 2.41. The number of aromatic nitrogens is 3. The van der Waals surface area contributed by atoms with Crippen LogP contribution in [0.4, 0.5) is 0 Å². The fourth-order valence-corrected chi connectivity index (χ4v) is 7.55. The average Bonchev–Trinajstić information content (AvgIpc) is 3.16. The summed E-state index contributed by atoms with van der Waals surface area (Å²) < 4.78 is 0. The van der Waals surface area contributed by atoms with Crippen LogP contribution in [0.5, 0.6) is 0 Å². The van der Waals surface area contributed by atoms with E-state index < -0.39 is 0 Å². The van der Waals surface area contributed by atoms with E-state index in [0.29, 0.717) is 0 Å². The molecule has 0 aliphatic carbocycles. The fraction of sp³-hybridized carbons (Fsp3) is 0. The molecule has 0 bridgehead atoms. The predicted octanol–water partition coefficient (Wildman–Crippen LogP) is 11.8. The van der Waals surface area contributed by atoms with Gasteiger partial charge in [0.1, 0.15) is 0 Å². The number of pyridine rings is 3. The van der Waals surface area contributed by atoms with Crippen molar-refractivity contribution in [1.82, 2.24) is 15.0 Å². The van der Waals surface area contributed by atoms with Crippen LogP contribution in [0.25, 0.3) is 98.5 Å². The van der Waals surface area contributed by atoms with Crippen LogP contribution >= 0.6 is 0 Å². The number of hydrogen-bond donors (Lipinski definition) is 0. The van der Waals surface area contributed by atoms with E-state index in [-0.39, 0.29) is 0 Å². The monoisotopic (exact) mass is 609 g/mol. The van der Waals surface area contributed by atoms with Gasteiger partial charge in [0.25, 0.3) is 0 Å². The van der Waals surface area contributed by atoms with Crippen LogP contribution in [0.1, 0.15) is 0 Å². The molecule has 0 radical (unpaired) electrons. The largest absolute Gasteiger partial charge is 0.254 e. The highest BCUT2D eigenvalue weighted by molar-refractivity contribution is 6.22. The van der Waals surface area contributed by atoms with Crippen molar-refractivity contribution in [3.8, 4) is 33.5 Å². The van der Waals surface area contributed by atoms with Crippen LogP contribution in [0.3, 0.4) is 0 Å². The van der Waals surface area contributed by atoms with Crippen LogP contribution in [0.2, 0.25) is 0 Å². The molecule has 222 valence electrons. The lowest BCUT2D eigenvalue weighted by atomic mass is 9.89. The van der Waals surface area contributed by atoms with E-state index in [2.05, 4.69) is 151 Å². The maximum Gasteiger partial charge on any atom is 0.0970 e. The molecule has 0 saturated carbocycles. The van der Waals surface area contributed by atoms with Crippen molar-refractivity contribution in [3.63, 3.8) is 0 Å². The van der Waals surface area contributed by atoms with Gasteiger partial charge in [0.15, 0.2) is 0 Å². The molecule has 0 spiro atoms. The summed E-state index contributed by atoms with van der Waals surface area (Å²) in [5.41, 5.74) is 9.65. The molecule has 10 rings (SSSR count). The quantitative estimate of drug-likeness (QED) is 0.187. The lowest BCUT2D eigenvalue weighted by molar-refractivity contribution is 1.37. The summed E-state index contributed by atoms with van der Waals surface area (Å²) in [6.07, 6.45) is 3.74. The molecular formula is C45H27N3. The van der Waals surface area contributed by atoms with Gasteiger partial charge in [0.05, 0.1) is 22.2 Å². The standard InChI is InChI=1S/C45H27N3/c1-2-13-33-28(9-1)18-21-40-42(33)39-16-5-6-17-41(39)48-43(40)31-11-7-10-30(27-31)32-22-23-36(35-15-4-3-14-34(32)35)37-24-26-47-45-38(37)20-19-29-12-8-25-46-44(29)45/h1-27H. The average molecular weight is 610 g/mol. The zero-order valence-electron chi connectivity index (χ0n) is 25.9. The predicted molar refractivity (Wildman–Crippen MR) is 201 cm³/mol. The Morgan fingerprint density at radius 2 is 1.02 bits per heavy atom. The van der Waals surface area contributed by atoms with Crippen molar-refractivity contribution < 1.29 is 0 Å². The maximum atomic E-state index is 5.27. The summed E-state index contributed by atoms with van der Waals surface area (Å²) in [5, 5.41) is 10.7. The summed E-state index contributed by atoms with van der Waals surface area (Å²) in [6.45, 7) is 0. The smallest absolute Gasteiger partial charge is 0.0970 e. The van der Waals surface area contributed by atoms with E-state index in [0.717, 1.165) is 55.1 Å². The normalized spacial score (nSPS) is 11.8. The number of benzene rings is 7. The first kappa shape index (κ1) is 26.7. The van der Waals surface area contributed by atoms with Gasteiger partial charge < -0.3 is 0 Å². The Hall–Kier alpha value is -6.45. The Kier molecular flexibility index (Phi) is 5.87. The van der Waals surface area contributed by atoms with Crippen molar-refractivity contribution in [2.75, 3.05) is 0 Å². The van der Waals surface area contributed by atoms with Crippen molar-refractivity contribution in [1.29, 1.82) is 0 Å². The Bertz CT molecular complexity index is 2890. The summed E-state index contributed by atoms with van der Waals surface area (Å²) in [5.74, 6) is 0. The molecule has 3 aromatic heterocycles. The lowest BCUT2D eigenvalue weighted by Crippen LogP contribution is -1.92. The van der Waals surface area contributed by atoms with E-state index in [1.54, 1.807) is 0 Å². The Morgan fingerprint density at radius 3 is 1.94 bits per heavy atom. The van der Waals surface area contributed by atoms with E-state index in [9.17, 15) is 0 Å². The van der Waals surface area contributed by atoms with Crippen LogP contribution in [-0.2, 0) is 0 Å². The molecule has 0 aliphatic rings. The molecule has 0 N–H and O–H groups in total. The van der Waals surface area contributed by atoms with Crippen molar-refractivity contribution in [2.45, 2.75) is 0 Å². The molecule has 0 fully saturated rings. The summed E-state index contributed by atoms with van der Waals surface area (Å²) in [7, 11) is 0. The number of fused-ring (bicyclic) bond motifs is 9. The van der Waals surface area contributed by atoms with Crippen LogP contribution in [0.15, 0.2) is 164 Å². The molecule has 0 saturated heterocycles. The van der Waals surface area contributed by atoms with Gasteiger partial charge in [0.2, 0.25) is 0 Å². The number of rotatable bonds is 3. The third-order valence-corrected chi connectivity index (χ3v) is 9.73. The van der Waals surface area contributed by atoms with Crippen molar-refractivity contribution >= 4 is 65.0 Å². The molecule has 0 aliphatic heterocycles. The highest BCUT2D eigenvalue weighted by atomic mass is 14.7. The second-order valence-electron chi connectivity index (χ2n) is 12.4. The molecule has 10 aromatic rings. The second kappa shape index (κ2) is 10.5. The first-order chi connectivity index (χ1) is 23.8. The first-order valence-corrected chi connectivity index (χ1v) is 16.3. The molecule has 0 amide bonds. The fourth-order valence-electron chi connectivity index (χ4n) is 7.55. The number of nitrogens with zero attached hydrogens (tertiary/aromatic N) is 3. The third-order valence-electron chi connectivity index (χ3n) is 9.73. The van der Waals surface area contributed by atoms with E-state index in [1.165, 1.54) is 43.4 Å². The van der Waals surface area contributed by atoms with Gasteiger partial charge in [-0.25, -0.2) is 4.98 Å². The molecular weight excluding hydrogens is 583 g/mol. The minimum absolute atomic E-state index is 0.925. The number of hydrogen-bond acceptors (Lipinski definition) is 3. The topological polar surface area (TPSA) is 38.7 Å².